The largest absolute Gasteiger partial charge is 0.350 e. The summed E-state index contributed by atoms with van der Waals surface area (Å²) in [6.07, 6.45) is 3.71. The second-order valence-electron chi connectivity index (χ2n) is 4.33. The van der Waals surface area contributed by atoms with Crippen LogP contribution in [0.3, 0.4) is 0 Å². The topological polar surface area (TPSA) is 59.3 Å². The number of pyridine rings is 1. The van der Waals surface area contributed by atoms with Gasteiger partial charge in [0.1, 0.15) is 0 Å². The van der Waals surface area contributed by atoms with Gasteiger partial charge in [0.15, 0.2) is 5.65 Å². The summed E-state index contributed by atoms with van der Waals surface area (Å²) in [4.78, 5) is 4.44. The zero-order chi connectivity index (χ0) is 12.5. The number of rotatable bonds is 2. The van der Waals surface area contributed by atoms with Crippen molar-refractivity contribution in [3.8, 4) is 0 Å². The lowest BCUT2D eigenvalue weighted by molar-refractivity contribution is 0.620. The third-order valence-electron chi connectivity index (χ3n) is 3.04. The number of nitrogens with one attached hydrogen (secondary N) is 1. The molecule has 2 aromatic rings. The first-order chi connectivity index (χ1) is 8.72. The molecule has 0 radical (unpaired) electrons. The van der Waals surface area contributed by atoms with Crippen molar-refractivity contribution in [2.24, 2.45) is 0 Å². The standard InChI is InChI=1S/C11H13BrN4OS/c12-9-2-1-5-16-10(9)14-11(15-16)13-8-3-6-18(17)7-4-8/h1-2,5,8H,3-4,6-7H2,(H,13,15). The fourth-order valence-electron chi connectivity index (χ4n) is 2.06. The quantitative estimate of drug-likeness (QED) is 0.913. The number of fused-ring (bicyclic) bond motifs is 1. The second-order valence-corrected chi connectivity index (χ2v) is 6.88. The molecule has 0 unspecified atom stereocenters. The Kier molecular flexibility index (Phi) is 3.34. The van der Waals surface area contributed by atoms with Crippen LogP contribution in [0.5, 0.6) is 0 Å². The van der Waals surface area contributed by atoms with E-state index in [0.717, 1.165) is 34.5 Å². The molecule has 1 N–H and O–H groups in total. The molecule has 0 aliphatic carbocycles. The lowest BCUT2D eigenvalue weighted by atomic mass is 10.2. The summed E-state index contributed by atoms with van der Waals surface area (Å²) in [6, 6.07) is 4.19. The monoisotopic (exact) mass is 328 g/mol. The minimum atomic E-state index is -0.631. The summed E-state index contributed by atoms with van der Waals surface area (Å²) < 4.78 is 14.0. The Hall–Kier alpha value is -0.950. The summed E-state index contributed by atoms with van der Waals surface area (Å²) >= 11 is 3.45. The van der Waals surface area contributed by atoms with Gasteiger partial charge in [-0.1, -0.05) is 0 Å². The first kappa shape index (κ1) is 12.1. The number of hydrogen-bond donors (Lipinski definition) is 1. The number of aromatic nitrogens is 3. The average Bonchev–Trinajstić information content (AvgIpc) is 2.76. The summed E-state index contributed by atoms with van der Waals surface area (Å²) in [5.41, 5.74) is 0.805. The predicted molar refractivity (Wildman–Crippen MR) is 75.2 cm³/mol. The molecule has 7 heteroatoms. The molecule has 0 spiro atoms. The average molecular weight is 329 g/mol. The number of halogens is 1. The van der Waals surface area contributed by atoms with E-state index in [-0.39, 0.29) is 0 Å². The van der Waals surface area contributed by atoms with Crippen molar-refractivity contribution in [2.75, 3.05) is 16.8 Å². The third-order valence-corrected chi connectivity index (χ3v) is 5.04. The highest BCUT2D eigenvalue weighted by molar-refractivity contribution is 9.10. The minimum absolute atomic E-state index is 0.332. The van der Waals surface area contributed by atoms with E-state index in [2.05, 4.69) is 31.3 Å². The second kappa shape index (κ2) is 4.97. The van der Waals surface area contributed by atoms with Gasteiger partial charge in [0.05, 0.1) is 4.47 Å². The molecule has 18 heavy (non-hydrogen) atoms. The van der Waals surface area contributed by atoms with Crippen molar-refractivity contribution in [1.29, 1.82) is 0 Å². The zero-order valence-corrected chi connectivity index (χ0v) is 12.1. The molecule has 1 aliphatic heterocycles. The van der Waals surface area contributed by atoms with Crippen molar-refractivity contribution < 1.29 is 4.21 Å². The molecule has 1 saturated heterocycles. The van der Waals surface area contributed by atoms with Crippen LogP contribution >= 0.6 is 15.9 Å². The molecule has 0 atom stereocenters. The summed E-state index contributed by atoms with van der Waals surface area (Å²) in [7, 11) is -0.631. The van der Waals surface area contributed by atoms with Crippen LogP contribution in [-0.2, 0) is 10.8 Å². The zero-order valence-electron chi connectivity index (χ0n) is 9.67. The molecule has 1 fully saturated rings. The van der Waals surface area contributed by atoms with Crippen LogP contribution in [-0.4, -0.2) is 36.4 Å². The van der Waals surface area contributed by atoms with E-state index in [1.165, 1.54) is 0 Å². The van der Waals surface area contributed by atoms with E-state index in [4.69, 9.17) is 0 Å². The van der Waals surface area contributed by atoms with Crippen LogP contribution in [0.1, 0.15) is 12.8 Å². The normalized spacial score (nSPS) is 24.3. The fraction of sp³-hybridized carbons (Fsp3) is 0.455. The molecule has 0 saturated carbocycles. The van der Waals surface area contributed by atoms with Crippen LogP contribution in [0.25, 0.3) is 5.65 Å². The van der Waals surface area contributed by atoms with Gasteiger partial charge in [-0.25, -0.2) is 4.52 Å². The summed E-state index contributed by atoms with van der Waals surface area (Å²) in [5.74, 6) is 2.18. The van der Waals surface area contributed by atoms with Crippen LogP contribution < -0.4 is 5.32 Å². The number of nitrogens with zero attached hydrogens (tertiary/aromatic N) is 3. The van der Waals surface area contributed by atoms with Gasteiger partial charge in [-0.05, 0) is 40.9 Å². The van der Waals surface area contributed by atoms with E-state index in [1.54, 1.807) is 4.52 Å². The lowest BCUT2D eigenvalue weighted by Crippen LogP contribution is -2.29. The van der Waals surface area contributed by atoms with Crippen LogP contribution in [0.2, 0.25) is 0 Å². The van der Waals surface area contributed by atoms with Gasteiger partial charge in [0.2, 0.25) is 5.95 Å². The summed E-state index contributed by atoms with van der Waals surface area (Å²) in [5, 5.41) is 7.69. The molecule has 3 rings (SSSR count). The fourth-order valence-corrected chi connectivity index (χ4v) is 3.78. The Labute approximate surface area is 116 Å². The van der Waals surface area contributed by atoms with Gasteiger partial charge < -0.3 is 5.32 Å². The molecule has 3 heterocycles. The first-order valence-corrected chi connectivity index (χ1v) is 8.13. The molecule has 5 nitrogen and oxygen atoms in total. The molecular formula is C11H13BrN4OS. The number of hydrogen-bond acceptors (Lipinski definition) is 4. The Balaban J connectivity index is 1.79. The smallest absolute Gasteiger partial charge is 0.243 e. The highest BCUT2D eigenvalue weighted by Gasteiger charge is 2.19. The molecule has 96 valence electrons. The molecule has 0 amide bonds. The third kappa shape index (κ3) is 2.42. The van der Waals surface area contributed by atoms with E-state index < -0.39 is 10.8 Å². The van der Waals surface area contributed by atoms with Gasteiger partial charge in [-0.2, -0.15) is 4.98 Å². The van der Waals surface area contributed by atoms with Crippen LogP contribution in [0.15, 0.2) is 22.8 Å². The van der Waals surface area contributed by atoms with E-state index in [0.29, 0.717) is 12.0 Å². The van der Waals surface area contributed by atoms with Crippen molar-refractivity contribution in [1.82, 2.24) is 14.6 Å². The van der Waals surface area contributed by atoms with E-state index in [9.17, 15) is 4.21 Å². The number of anilines is 1. The minimum Gasteiger partial charge on any atom is -0.350 e. The van der Waals surface area contributed by atoms with Crippen molar-refractivity contribution in [2.45, 2.75) is 18.9 Å². The summed E-state index contributed by atoms with van der Waals surface area (Å²) in [6.45, 7) is 0. The maximum Gasteiger partial charge on any atom is 0.243 e. The van der Waals surface area contributed by atoms with Crippen molar-refractivity contribution >= 4 is 38.3 Å². The lowest BCUT2D eigenvalue weighted by Gasteiger charge is -2.21. The molecular weight excluding hydrogens is 316 g/mol. The first-order valence-electron chi connectivity index (χ1n) is 5.85. The Morgan fingerprint density at radius 1 is 1.44 bits per heavy atom. The molecule has 1 aliphatic rings. The maximum absolute atomic E-state index is 11.3. The van der Waals surface area contributed by atoms with Crippen LogP contribution in [0.4, 0.5) is 5.95 Å². The van der Waals surface area contributed by atoms with Gasteiger partial charge >= 0.3 is 0 Å². The Bertz CT molecular complexity index is 590. The van der Waals surface area contributed by atoms with Gasteiger partial charge in [-0.15, -0.1) is 5.10 Å². The van der Waals surface area contributed by atoms with E-state index >= 15 is 0 Å². The molecule has 2 aromatic heterocycles. The van der Waals surface area contributed by atoms with E-state index in [1.807, 2.05) is 18.3 Å². The SMILES string of the molecule is O=S1CCC(Nc2nc3c(Br)cccn3n2)CC1. The van der Waals surface area contributed by atoms with Gasteiger partial charge in [-0.3, -0.25) is 4.21 Å². The van der Waals surface area contributed by atoms with Crippen LogP contribution in [0, 0.1) is 0 Å². The van der Waals surface area contributed by atoms with Gasteiger partial charge in [0, 0.05) is 34.5 Å². The Morgan fingerprint density at radius 3 is 2.94 bits per heavy atom. The predicted octanol–water partition coefficient (Wildman–Crippen LogP) is 1.81. The van der Waals surface area contributed by atoms with Crippen molar-refractivity contribution in [3.05, 3.63) is 22.8 Å². The highest BCUT2D eigenvalue weighted by Crippen LogP contribution is 2.19. The van der Waals surface area contributed by atoms with Crippen molar-refractivity contribution in [3.63, 3.8) is 0 Å². The Morgan fingerprint density at radius 2 is 2.22 bits per heavy atom. The molecule has 0 aromatic carbocycles. The van der Waals surface area contributed by atoms with Gasteiger partial charge in [0.25, 0.3) is 0 Å². The highest BCUT2D eigenvalue weighted by atomic mass is 79.9. The molecule has 0 bridgehead atoms. The maximum atomic E-state index is 11.3.